The predicted octanol–water partition coefficient (Wildman–Crippen LogP) is 18.5. The number of nitrogens with zero attached hydrogens (tertiary/aromatic N) is 6. The van der Waals surface area contributed by atoms with Crippen molar-refractivity contribution in [1.82, 2.24) is 16.0 Å². The minimum atomic E-state index is -0.703. The van der Waals surface area contributed by atoms with Gasteiger partial charge in [0.1, 0.15) is 0 Å². The van der Waals surface area contributed by atoms with E-state index in [1.807, 2.05) is 107 Å². The molecule has 0 heterocycles. The van der Waals surface area contributed by atoms with E-state index in [-0.39, 0.29) is 62.2 Å². The summed E-state index contributed by atoms with van der Waals surface area (Å²) < 4.78 is 4.84. The van der Waals surface area contributed by atoms with Crippen molar-refractivity contribution in [3.8, 4) is 0 Å². The average Bonchev–Trinajstić information content (AvgIpc) is 0.741. The summed E-state index contributed by atoms with van der Waals surface area (Å²) in [5.41, 5.74) is 18.0. The van der Waals surface area contributed by atoms with Crippen molar-refractivity contribution in [2.75, 3.05) is 78.3 Å². The number of rotatable bonds is 20. The zero-order valence-corrected chi connectivity index (χ0v) is 67.8. The van der Waals surface area contributed by atoms with Crippen LogP contribution in [0.3, 0.4) is 0 Å². The molecule has 0 unspecified atom stereocenters. The molecule has 0 radical (unpaired) electrons. The molecule has 0 bridgehead atoms. The van der Waals surface area contributed by atoms with Gasteiger partial charge in [-0.05, 0) is 245 Å². The Balaban J connectivity index is 0.000000186. The fourth-order valence-corrected chi connectivity index (χ4v) is 13.1. The van der Waals surface area contributed by atoms with Crippen LogP contribution in [0.15, 0.2) is 228 Å². The number of aliphatic imine (C=N–C) groups is 3. The molecule has 111 heavy (non-hydrogen) atoms. The minimum absolute atomic E-state index is 0.0328. The Hall–Kier alpha value is -11.6. The van der Waals surface area contributed by atoms with Gasteiger partial charge in [0.2, 0.25) is 23.3 Å². The van der Waals surface area contributed by atoms with Gasteiger partial charge in [-0.3, -0.25) is 38.9 Å². The molecule has 23 heteroatoms. The van der Waals surface area contributed by atoms with E-state index in [1.165, 1.54) is 13.0 Å². The van der Waals surface area contributed by atoms with Gasteiger partial charge in [0, 0.05) is 98.4 Å². The summed E-state index contributed by atoms with van der Waals surface area (Å²) in [6.07, 6.45) is 3.98. The number of ether oxygens (including phenoxy) is 1. The first-order valence-electron chi connectivity index (χ1n) is 36.7. The third-order valence-electron chi connectivity index (χ3n) is 18.7. The Morgan fingerprint density at radius 3 is 1.17 bits per heavy atom. The summed E-state index contributed by atoms with van der Waals surface area (Å²) in [6, 6.07) is 45.5. The van der Waals surface area contributed by atoms with Crippen molar-refractivity contribution in [2.45, 2.75) is 104 Å². The van der Waals surface area contributed by atoms with E-state index in [0.29, 0.717) is 73.0 Å². The molecule has 11 rings (SSSR count). The number of alkyl carbamates (subject to hydrolysis) is 1. The molecule has 5 N–H and O–H groups in total. The van der Waals surface area contributed by atoms with Crippen molar-refractivity contribution in [2.24, 2.45) is 15.0 Å². The molecular weight excluding hydrogens is 1460 g/mol. The van der Waals surface area contributed by atoms with Crippen molar-refractivity contribution < 1.29 is 43.1 Å². The van der Waals surface area contributed by atoms with Gasteiger partial charge >= 0.3 is 6.09 Å². The second-order valence-electron chi connectivity index (χ2n) is 26.1. The molecule has 7 aromatic carbocycles. The second-order valence-corrected chi connectivity index (χ2v) is 27.2. The maximum Gasteiger partial charge on any atom is 0.411 e. The first-order chi connectivity index (χ1) is 53.0. The van der Waals surface area contributed by atoms with Gasteiger partial charge in [0.05, 0.1) is 89.8 Å². The highest BCUT2D eigenvalue weighted by atomic mass is 35.5. The van der Waals surface area contributed by atoms with Gasteiger partial charge < -0.3 is 40.7 Å². The number of hydrogen-bond donors (Lipinski definition) is 5. The van der Waals surface area contributed by atoms with E-state index in [9.17, 15) is 38.4 Å². The van der Waals surface area contributed by atoms with Gasteiger partial charge in [0.15, 0.2) is 11.6 Å². The fraction of sp³-hybridized carbons (Fsp3) is 0.261. The maximum absolute atomic E-state index is 13.2. The lowest BCUT2D eigenvalue weighted by atomic mass is 9.82. The van der Waals surface area contributed by atoms with Crippen LogP contribution in [0.4, 0.5) is 56.0 Å². The van der Waals surface area contributed by atoms with Crippen LogP contribution in [-0.2, 0) is 23.9 Å². The average molecular weight is 1560 g/mol. The topological polar surface area (TPSA) is 253 Å². The molecule has 4 aliphatic rings. The van der Waals surface area contributed by atoms with Gasteiger partial charge in [-0.2, -0.15) is 0 Å². The van der Waals surface area contributed by atoms with Gasteiger partial charge in [-0.1, -0.05) is 89.4 Å². The number of nitrogens with one attached hydrogen (secondary N) is 5. The fourth-order valence-electron chi connectivity index (χ4n) is 12.5. The van der Waals surface area contributed by atoms with Crippen LogP contribution in [-0.4, -0.2) is 117 Å². The van der Waals surface area contributed by atoms with Crippen molar-refractivity contribution >= 4 is 150 Å². The lowest BCUT2D eigenvalue weighted by Gasteiger charge is -2.23. The molecule has 0 fully saturated rings. The van der Waals surface area contributed by atoms with E-state index >= 15 is 0 Å². The monoisotopic (exact) mass is 1550 g/mol. The molecule has 0 saturated heterocycles. The van der Waals surface area contributed by atoms with Crippen LogP contribution < -0.4 is 41.3 Å². The highest BCUT2D eigenvalue weighted by Crippen LogP contribution is 2.39. The van der Waals surface area contributed by atoms with E-state index in [4.69, 9.17) is 44.5 Å². The number of carbonyl (C=O) groups is 8. The molecule has 3 amide bonds. The number of Topliss-reactive ketones (excluding diaryl/α,β-unsaturated/α-hetero) is 3. The number of amides is 3. The molecule has 20 nitrogen and oxygen atoms in total. The lowest BCUT2D eigenvalue weighted by Crippen LogP contribution is -2.31. The van der Waals surface area contributed by atoms with Crippen molar-refractivity contribution in [3.63, 3.8) is 0 Å². The zero-order valence-electron chi connectivity index (χ0n) is 65.5. The summed E-state index contributed by atoms with van der Waals surface area (Å²) in [5, 5.41) is 14.1. The number of benzene rings is 7. The summed E-state index contributed by atoms with van der Waals surface area (Å²) in [6.45, 7) is 34.8. The number of hydrogen-bond acceptors (Lipinski definition) is 17. The predicted molar refractivity (Wildman–Crippen MR) is 452 cm³/mol. The van der Waals surface area contributed by atoms with Gasteiger partial charge in [0.25, 0.3) is 5.91 Å². The SMILES string of the molecule is CCN(CC)c1ccc(N=C2C=C(NC(=O)c3ccccc3)C(=O)C(Cl)=C2C)c(C)c1.CCN(CC)c1ccc(N=C2C=C(NC(C)=O)C(=O)C(Cl)=C2C)c(C)c1.CCOC(=O)NC1=CC(=Nc2ccc(N(CC)CC)cc2C)C(C)=C(Cl)C1=O.CNc1ccc(Nc2cccc(C)c2)c2c1C(=O)c1ccccc1C2=O. The number of carbonyl (C=O) groups excluding carboxylic acids is 8. The molecule has 576 valence electrons. The second kappa shape index (κ2) is 39.2. The van der Waals surface area contributed by atoms with E-state index in [1.54, 1.807) is 95.4 Å². The smallest absolute Gasteiger partial charge is 0.411 e. The molecule has 0 spiro atoms. The van der Waals surface area contributed by atoms with Crippen LogP contribution in [0.1, 0.15) is 141 Å². The number of allylic oxidation sites excluding steroid dienone is 9. The first kappa shape index (κ1) is 85.0. The first-order valence-corrected chi connectivity index (χ1v) is 37.9. The Labute approximate surface area is 664 Å². The third kappa shape index (κ3) is 20.7. The van der Waals surface area contributed by atoms with Crippen molar-refractivity contribution in [3.05, 3.63) is 263 Å². The zero-order chi connectivity index (χ0) is 81.1. The van der Waals surface area contributed by atoms with E-state index in [2.05, 4.69) is 111 Å². The maximum atomic E-state index is 13.2. The Morgan fingerprint density at radius 1 is 0.423 bits per heavy atom. The van der Waals surface area contributed by atoms with Crippen LogP contribution in [0.2, 0.25) is 0 Å². The quantitative estimate of drug-likeness (QED) is 0.0445. The molecule has 0 atom stereocenters. The molecule has 0 aromatic heterocycles. The number of aryl methyl sites for hydroxylation is 4. The molecule has 7 aromatic rings. The number of halogens is 3. The van der Waals surface area contributed by atoms with E-state index < -0.39 is 23.4 Å². The molecule has 0 aliphatic heterocycles. The van der Waals surface area contributed by atoms with Crippen LogP contribution in [0.25, 0.3) is 0 Å². The lowest BCUT2D eigenvalue weighted by molar-refractivity contribution is -0.120. The van der Waals surface area contributed by atoms with Crippen LogP contribution >= 0.6 is 34.8 Å². The highest BCUT2D eigenvalue weighted by Gasteiger charge is 2.35. The van der Waals surface area contributed by atoms with Gasteiger partial charge in [-0.25, -0.2) is 19.8 Å². The summed E-state index contributed by atoms with van der Waals surface area (Å²) in [4.78, 5) is 120. The normalized spacial score (nSPS) is 14.8. The van der Waals surface area contributed by atoms with Crippen LogP contribution in [0.5, 0.6) is 0 Å². The van der Waals surface area contributed by atoms with Crippen molar-refractivity contribution in [1.29, 1.82) is 0 Å². The Morgan fingerprint density at radius 2 is 0.802 bits per heavy atom. The third-order valence-corrected chi connectivity index (χ3v) is 20.1. The Kier molecular flexibility index (Phi) is 30.0. The molecule has 4 aliphatic carbocycles. The minimum Gasteiger partial charge on any atom is -0.450 e. The number of ketones is 5. The molecular formula is C88H94Cl3N11O9. The van der Waals surface area contributed by atoms with Gasteiger partial charge in [-0.15, -0.1) is 0 Å². The molecule has 0 saturated carbocycles. The summed E-state index contributed by atoms with van der Waals surface area (Å²) in [5.74, 6) is -2.24. The largest absolute Gasteiger partial charge is 0.450 e. The highest BCUT2D eigenvalue weighted by molar-refractivity contribution is 6.51. The number of fused-ring (bicyclic) bond motifs is 2. The summed E-state index contributed by atoms with van der Waals surface area (Å²) in [7, 11) is 1.75. The van der Waals surface area contributed by atoms with E-state index in [0.717, 1.165) is 101 Å². The summed E-state index contributed by atoms with van der Waals surface area (Å²) >= 11 is 18.6. The number of anilines is 6. The Bertz CT molecular complexity index is 5110. The standard InChI is InChI=1S/C25H26ClN3O2.C22H18N2O2.C21H26ClN3O3.C20H24ClN3O2/c1-5-29(6-2)19-12-13-20(16(3)14-19)27-21-15-22(24(30)23(26)17(21)4)28-25(31)18-10-8-7-9-11-18;1-13-6-5-7-14(12-13)24-18-11-10-17(23-2)19-20(18)22(26)16-9-4-3-8-15(16)21(19)25;1-6-25(7-2)15-9-10-16(13(4)11-15)23-17-12-18(24-21(27)28-8-3)20(26)19(22)14(17)5;1-6-24(7-2)15-8-9-16(12(3)10-15)23-17-11-18(22-14(5)25)20(26)19(21)13(17)4/h7-15H,5-6H2,1-4H3,(H,28,31);3-12,23-24H,1-2H3;9-12H,6-8H2,1-5H3,(H,24,27);8-11H,6-7H2,1-5H3,(H,22,25). The van der Waals surface area contributed by atoms with Crippen LogP contribution in [0, 0.1) is 27.7 Å².